The first-order valence-electron chi connectivity index (χ1n) is 6.16. The normalized spacial score (nSPS) is 12.9. The van der Waals surface area contributed by atoms with Crippen molar-refractivity contribution in [3.8, 4) is 0 Å². The summed E-state index contributed by atoms with van der Waals surface area (Å²) in [5, 5.41) is 0.835. The van der Waals surface area contributed by atoms with Crippen molar-refractivity contribution in [2.24, 2.45) is 0 Å². The third-order valence-corrected chi connectivity index (χ3v) is 4.85. The first-order valence-corrected chi connectivity index (χ1v) is 10.2. The van der Waals surface area contributed by atoms with E-state index < -0.39 is 8.07 Å². The molecule has 3 heteroatoms. The van der Waals surface area contributed by atoms with E-state index in [1.54, 1.807) is 0 Å². The minimum absolute atomic E-state index is 0.835. The minimum atomic E-state index is -1.03. The molecule has 0 heterocycles. The Morgan fingerprint density at radius 1 is 1.18 bits per heavy atom. The fraction of sp³-hybridized carbons (Fsp3) is 0.571. The van der Waals surface area contributed by atoms with E-state index in [-0.39, 0.29) is 0 Å². The van der Waals surface area contributed by atoms with Crippen LogP contribution in [0.5, 0.6) is 0 Å². The number of benzene rings is 1. The summed E-state index contributed by atoms with van der Waals surface area (Å²) in [6.07, 6.45) is 1.30. The molecule has 0 unspecified atom stereocenters. The molecule has 0 aromatic heterocycles. The van der Waals surface area contributed by atoms with Crippen LogP contribution in [0.25, 0.3) is 0 Å². The van der Waals surface area contributed by atoms with Crippen molar-refractivity contribution in [2.45, 2.75) is 33.1 Å². The highest BCUT2D eigenvalue weighted by molar-refractivity contribution is 6.75. The molecule has 0 bridgehead atoms. The van der Waals surface area contributed by atoms with Crippen molar-refractivity contribution in [3.63, 3.8) is 0 Å². The lowest BCUT2D eigenvalue weighted by Gasteiger charge is -2.35. The first-order chi connectivity index (χ1) is 7.59. The van der Waals surface area contributed by atoms with E-state index in [4.69, 9.17) is 11.6 Å². The van der Waals surface area contributed by atoms with Crippen LogP contribution in [0, 0.1) is 6.92 Å². The van der Waals surface area contributed by atoms with Gasteiger partial charge in [0.25, 0.3) is 0 Å². The molecule has 0 spiro atoms. The maximum absolute atomic E-state index is 6.00. The van der Waals surface area contributed by atoms with Gasteiger partial charge in [-0.3, -0.25) is 0 Å². The predicted octanol–water partition coefficient (Wildman–Crippen LogP) is 4.10. The van der Waals surface area contributed by atoms with Crippen LogP contribution in [0.3, 0.4) is 0 Å². The lowest BCUT2D eigenvalue weighted by atomic mass is 10.1. The Kier molecular flexibility index (Phi) is 4.45. The van der Waals surface area contributed by atoms with Gasteiger partial charge in [0.1, 0.15) is 14.6 Å². The van der Waals surface area contributed by atoms with Crippen LogP contribution in [-0.4, -0.2) is 32.8 Å². The highest BCUT2D eigenvalue weighted by Crippen LogP contribution is 2.20. The maximum atomic E-state index is 6.00. The van der Waals surface area contributed by atoms with E-state index >= 15 is 0 Å². The quantitative estimate of drug-likeness (QED) is 0.571. The monoisotopic (exact) mass is 270 g/mol. The number of halogens is 1. The molecule has 0 aliphatic heterocycles. The van der Waals surface area contributed by atoms with Gasteiger partial charge in [0, 0.05) is 10.6 Å². The number of aryl methyl sites for hydroxylation is 1. The second-order valence-electron chi connectivity index (χ2n) is 6.88. The topological polar surface area (TPSA) is 0 Å². The SMILES string of the molecule is Cc1cc(Cl)ccc1C[N+](C)(C)C[Si](C)(C)C. The molecule has 1 rings (SSSR count). The van der Waals surface area contributed by atoms with Crippen molar-refractivity contribution in [1.29, 1.82) is 0 Å². The van der Waals surface area contributed by atoms with Crippen LogP contribution in [0.1, 0.15) is 11.1 Å². The van der Waals surface area contributed by atoms with Crippen molar-refractivity contribution in [3.05, 3.63) is 34.3 Å². The Morgan fingerprint density at radius 3 is 2.24 bits per heavy atom. The fourth-order valence-electron chi connectivity index (χ4n) is 2.64. The zero-order valence-electron chi connectivity index (χ0n) is 12.0. The molecule has 0 amide bonds. The highest BCUT2D eigenvalue weighted by atomic mass is 35.5. The number of hydrogen-bond acceptors (Lipinski definition) is 0. The van der Waals surface area contributed by atoms with Gasteiger partial charge >= 0.3 is 0 Å². The molecule has 1 aromatic rings. The van der Waals surface area contributed by atoms with Crippen molar-refractivity contribution in [2.75, 3.05) is 20.3 Å². The smallest absolute Gasteiger partial charge is 0.110 e. The summed E-state index contributed by atoms with van der Waals surface area (Å²) in [6.45, 7) is 10.5. The zero-order chi connectivity index (χ0) is 13.3. The van der Waals surface area contributed by atoms with Crippen molar-refractivity contribution < 1.29 is 4.48 Å². The molecule has 1 nitrogen and oxygen atoms in total. The summed E-state index contributed by atoms with van der Waals surface area (Å²) in [6, 6.07) is 6.23. The van der Waals surface area contributed by atoms with Gasteiger partial charge in [-0.25, -0.2) is 0 Å². The van der Waals surface area contributed by atoms with Crippen LogP contribution >= 0.6 is 11.6 Å². The molecule has 0 fully saturated rings. The van der Waals surface area contributed by atoms with Crippen LogP contribution in [0.4, 0.5) is 0 Å². The largest absolute Gasteiger partial charge is 0.328 e. The Bertz CT molecular complexity index is 394. The summed E-state index contributed by atoms with van der Waals surface area (Å²) in [5.41, 5.74) is 2.72. The van der Waals surface area contributed by atoms with Gasteiger partial charge in [-0.1, -0.05) is 37.3 Å². The minimum Gasteiger partial charge on any atom is -0.328 e. The number of nitrogens with zero attached hydrogens (tertiary/aromatic N) is 1. The lowest BCUT2D eigenvalue weighted by Crippen LogP contribution is -2.49. The van der Waals surface area contributed by atoms with Gasteiger partial charge in [-0.2, -0.15) is 0 Å². The van der Waals surface area contributed by atoms with Gasteiger partial charge < -0.3 is 4.48 Å². The second kappa shape index (κ2) is 5.13. The molecular weight excluding hydrogens is 246 g/mol. The van der Waals surface area contributed by atoms with Crippen molar-refractivity contribution in [1.82, 2.24) is 0 Å². The maximum Gasteiger partial charge on any atom is 0.110 e. The summed E-state index contributed by atoms with van der Waals surface area (Å²) in [4.78, 5) is 0. The molecule has 0 saturated heterocycles. The first kappa shape index (κ1) is 14.7. The van der Waals surface area contributed by atoms with E-state index in [9.17, 15) is 0 Å². The van der Waals surface area contributed by atoms with Gasteiger partial charge in [-0.05, 0) is 24.6 Å². The number of rotatable bonds is 4. The van der Waals surface area contributed by atoms with Gasteiger partial charge in [0.15, 0.2) is 0 Å². The average molecular weight is 271 g/mol. The molecular formula is C14H25ClNSi+. The summed E-state index contributed by atoms with van der Waals surface area (Å²) in [5.74, 6) is 0. The van der Waals surface area contributed by atoms with Crippen LogP contribution in [0.15, 0.2) is 18.2 Å². The van der Waals surface area contributed by atoms with Gasteiger partial charge in [-0.15, -0.1) is 0 Å². The molecule has 17 heavy (non-hydrogen) atoms. The van der Waals surface area contributed by atoms with E-state index in [1.807, 2.05) is 6.07 Å². The Labute approximate surface area is 112 Å². The van der Waals surface area contributed by atoms with E-state index in [2.05, 4.69) is 52.8 Å². The second-order valence-corrected chi connectivity index (χ2v) is 12.8. The molecule has 1 aromatic carbocycles. The molecule has 96 valence electrons. The number of hydrogen-bond donors (Lipinski definition) is 0. The van der Waals surface area contributed by atoms with Gasteiger partial charge in [0.05, 0.1) is 20.3 Å². The van der Waals surface area contributed by atoms with Crippen LogP contribution in [0.2, 0.25) is 24.7 Å². The summed E-state index contributed by atoms with van der Waals surface area (Å²) >= 11 is 6.00. The van der Waals surface area contributed by atoms with E-state index in [0.717, 1.165) is 16.1 Å². The van der Waals surface area contributed by atoms with Crippen LogP contribution in [-0.2, 0) is 6.54 Å². The Morgan fingerprint density at radius 2 is 1.76 bits per heavy atom. The van der Waals surface area contributed by atoms with E-state index in [1.165, 1.54) is 17.3 Å². The van der Waals surface area contributed by atoms with E-state index in [0.29, 0.717) is 0 Å². The van der Waals surface area contributed by atoms with Crippen LogP contribution < -0.4 is 0 Å². The van der Waals surface area contributed by atoms with Gasteiger partial charge in [0.2, 0.25) is 0 Å². The molecule has 0 aliphatic carbocycles. The standard InChI is InChI=1S/C14H25ClNSi/c1-12-9-14(15)8-7-13(12)10-16(2,3)11-17(4,5)6/h7-9H,10-11H2,1-6H3/q+1. The molecule has 0 atom stereocenters. The average Bonchev–Trinajstić information content (AvgIpc) is 2.05. The fourth-order valence-corrected chi connectivity index (χ4v) is 5.54. The molecule has 0 N–H and O–H groups in total. The number of quaternary nitrogens is 1. The Balaban J connectivity index is 2.83. The summed E-state index contributed by atoms with van der Waals surface area (Å²) in [7, 11) is 3.62. The molecule has 0 saturated carbocycles. The zero-order valence-corrected chi connectivity index (χ0v) is 13.7. The van der Waals surface area contributed by atoms with Crippen molar-refractivity contribution >= 4 is 19.7 Å². The lowest BCUT2D eigenvalue weighted by molar-refractivity contribution is -0.894. The summed E-state index contributed by atoms with van der Waals surface area (Å²) < 4.78 is 1.07. The predicted molar refractivity (Wildman–Crippen MR) is 80.2 cm³/mol. The third-order valence-electron chi connectivity index (χ3n) is 2.81. The highest BCUT2D eigenvalue weighted by Gasteiger charge is 2.26. The third kappa shape index (κ3) is 5.24. The molecule has 0 radical (unpaired) electrons. The molecule has 0 aliphatic rings. The Hall–Kier alpha value is -0.313.